The highest BCUT2D eigenvalue weighted by atomic mass is 16.6. The summed E-state index contributed by atoms with van der Waals surface area (Å²) in [6.07, 6.45) is 0. The molecule has 0 aliphatic heterocycles. The van der Waals surface area contributed by atoms with Crippen molar-refractivity contribution in [3.05, 3.63) is 77.9 Å². The smallest absolute Gasteiger partial charge is 0.277 e. The second kappa shape index (κ2) is 8.87. The summed E-state index contributed by atoms with van der Waals surface area (Å²) in [6, 6.07) is 7.48. The molecule has 0 saturated heterocycles. The zero-order valence-corrected chi connectivity index (χ0v) is 16.1. The average molecular weight is 401 g/mol. The Kier molecular flexibility index (Phi) is 6.55. The van der Waals surface area contributed by atoms with Gasteiger partial charge in [0.2, 0.25) is 0 Å². The van der Waals surface area contributed by atoms with Gasteiger partial charge in [-0.25, -0.2) is 4.99 Å². The Bertz CT molecular complexity index is 968. The van der Waals surface area contributed by atoms with Gasteiger partial charge >= 0.3 is 0 Å². The van der Waals surface area contributed by atoms with E-state index >= 15 is 0 Å². The second-order valence-corrected chi connectivity index (χ2v) is 6.09. The normalized spacial score (nSPS) is 11.2. The Labute approximate surface area is 165 Å². The van der Waals surface area contributed by atoms with Crippen molar-refractivity contribution in [2.75, 3.05) is 13.1 Å². The number of nitro groups is 3. The molecule has 2 aromatic carbocycles. The zero-order chi connectivity index (χ0) is 21.7. The van der Waals surface area contributed by atoms with Crippen molar-refractivity contribution < 1.29 is 14.8 Å². The van der Waals surface area contributed by atoms with Crippen molar-refractivity contribution >= 4 is 28.6 Å². The maximum Gasteiger partial charge on any atom is 0.277 e. The highest BCUT2D eigenvalue weighted by Crippen LogP contribution is 2.28. The first-order valence-corrected chi connectivity index (χ1v) is 8.70. The summed E-state index contributed by atoms with van der Waals surface area (Å²) in [5.74, 6) is 0.255. The monoisotopic (exact) mass is 401 g/mol. The minimum atomic E-state index is -0.713. The van der Waals surface area contributed by atoms with Crippen LogP contribution in [0.3, 0.4) is 0 Å². The summed E-state index contributed by atoms with van der Waals surface area (Å²) in [7, 11) is 0. The predicted octanol–water partition coefficient (Wildman–Crippen LogP) is 4.14. The fraction of sp³-hybridized carbons (Fsp3) is 0.278. The van der Waals surface area contributed by atoms with E-state index in [0.717, 1.165) is 6.07 Å². The predicted molar refractivity (Wildman–Crippen MR) is 107 cm³/mol. The summed E-state index contributed by atoms with van der Waals surface area (Å²) in [6.45, 7) is 6.34. The molecule has 29 heavy (non-hydrogen) atoms. The van der Waals surface area contributed by atoms with Crippen LogP contribution in [-0.2, 0) is 0 Å². The lowest BCUT2D eigenvalue weighted by Gasteiger charge is -2.23. The molecule has 0 spiro atoms. The third kappa shape index (κ3) is 4.89. The number of benzene rings is 2. The van der Waals surface area contributed by atoms with Crippen molar-refractivity contribution in [1.82, 2.24) is 4.90 Å². The zero-order valence-electron chi connectivity index (χ0n) is 16.1. The van der Waals surface area contributed by atoms with Crippen molar-refractivity contribution in [3.63, 3.8) is 0 Å². The van der Waals surface area contributed by atoms with Crippen LogP contribution in [0.15, 0.2) is 41.4 Å². The molecule has 0 unspecified atom stereocenters. The fourth-order valence-electron chi connectivity index (χ4n) is 2.72. The van der Waals surface area contributed by atoms with Gasteiger partial charge in [-0.2, -0.15) is 0 Å². The molecule has 0 amide bonds. The molecular formula is C18H19N5O6. The van der Waals surface area contributed by atoms with E-state index in [1.165, 1.54) is 24.3 Å². The van der Waals surface area contributed by atoms with Crippen LogP contribution in [0, 0.1) is 37.3 Å². The van der Waals surface area contributed by atoms with E-state index in [2.05, 4.69) is 4.99 Å². The molecule has 0 bridgehead atoms. The van der Waals surface area contributed by atoms with E-state index in [9.17, 15) is 30.3 Å². The summed E-state index contributed by atoms with van der Waals surface area (Å²) >= 11 is 0. The molecular weight excluding hydrogens is 382 g/mol. The van der Waals surface area contributed by atoms with Gasteiger partial charge in [-0.3, -0.25) is 30.3 Å². The minimum absolute atomic E-state index is 0.154. The van der Waals surface area contributed by atoms with E-state index in [1.807, 2.05) is 13.8 Å². The van der Waals surface area contributed by atoms with Crippen molar-refractivity contribution in [3.8, 4) is 0 Å². The summed E-state index contributed by atoms with van der Waals surface area (Å²) in [5.41, 5.74) is 0.101. The van der Waals surface area contributed by atoms with Crippen molar-refractivity contribution in [2.24, 2.45) is 4.99 Å². The van der Waals surface area contributed by atoms with Gasteiger partial charge in [-0.1, -0.05) is 6.07 Å². The molecule has 0 heterocycles. The van der Waals surface area contributed by atoms with Crippen LogP contribution in [0.4, 0.5) is 22.7 Å². The first kappa shape index (κ1) is 21.4. The summed E-state index contributed by atoms with van der Waals surface area (Å²) in [5, 5.41) is 33.6. The highest BCUT2D eigenvalue weighted by molar-refractivity contribution is 6.01. The maximum absolute atomic E-state index is 11.2. The third-order valence-corrected chi connectivity index (χ3v) is 4.28. The second-order valence-electron chi connectivity index (χ2n) is 6.09. The lowest BCUT2D eigenvalue weighted by atomic mass is 10.1. The molecule has 0 N–H and O–H groups in total. The number of aliphatic imine (C=N–C) groups is 1. The highest BCUT2D eigenvalue weighted by Gasteiger charge is 2.22. The molecule has 0 aliphatic rings. The number of non-ortho nitro benzene ring substituents is 3. The van der Waals surface area contributed by atoms with Crippen LogP contribution in [0.25, 0.3) is 0 Å². The number of nitrogens with zero attached hydrogens (tertiary/aromatic N) is 5. The molecule has 11 nitrogen and oxygen atoms in total. The molecule has 0 saturated carbocycles. The average Bonchev–Trinajstić information content (AvgIpc) is 2.68. The van der Waals surface area contributed by atoms with Crippen molar-refractivity contribution in [2.45, 2.75) is 20.8 Å². The van der Waals surface area contributed by atoms with E-state index in [4.69, 9.17) is 0 Å². The molecule has 0 aliphatic carbocycles. The fourth-order valence-corrected chi connectivity index (χ4v) is 2.72. The van der Waals surface area contributed by atoms with Crippen LogP contribution in [0.5, 0.6) is 0 Å². The van der Waals surface area contributed by atoms with Crippen LogP contribution in [-0.4, -0.2) is 38.6 Å². The van der Waals surface area contributed by atoms with Crippen LogP contribution < -0.4 is 0 Å². The number of hydrogen-bond acceptors (Lipinski definition) is 7. The molecule has 152 valence electrons. The standard InChI is InChI=1S/C18H19N5O6/c1-4-20(5-2)18(19-17-11-14(21(24)25)7-6-12(17)3)13-8-15(22(26)27)10-16(9-13)23(28)29/h6-11H,4-5H2,1-3H3. The van der Waals surface area contributed by atoms with Gasteiger partial charge in [0, 0.05) is 42.9 Å². The number of hydrogen-bond donors (Lipinski definition) is 0. The van der Waals surface area contributed by atoms with Gasteiger partial charge in [-0.15, -0.1) is 0 Å². The van der Waals surface area contributed by atoms with E-state index in [0.29, 0.717) is 24.3 Å². The maximum atomic E-state index is 11.2. The Morgan fingerprint density at radius 3 is 1.83 bits per heavy atom. The van der Waals surface area contributed by atoms with Crippen molar-refractivity contribution in [1.29, 1.82) is 0 Å². The number of rotatable bonds is 7. The van der Waals surface area contributed by atoms with E-state index in [-0.39, 0.29) is 17.1 Å². The molecule has 11 heteroatoms. The Morgan fingerprint density at radius 2 is 1.38 bits per heavy atom. The summed E-state index contributed by atoms with van der Waals surface area (Å²) in [4.78, 5) is 37.9. The van der Waals surface area contributed by atoms with E-state index < -0.39 is 26.1 Å². The minimum Gasteiger partial charge on any atom is -0.357 e. The first-order chi connectivity index (χ1) is 13.7. The molecule has 0 fully saturated rings. The molecule has 0 atom stereocenters. The van der Waals surface area contributed by atoms with Gasteiger partial charge in [0.05, 0.1) is 26.5 Å². The SMILES string of the molecule is CCN(CC)C(=Nc1cc([N+](=O)[O-])ccc1C)c1cc([N+](=O)[O-])cc([N+](=O)[O-])c1. The van der Waals surface area contributed by atoms with Gasteiger partial charge in [0.15, 0.2) is 0 Å². The van der Waals surface area contributed by atoms with Crippen LogP contribution in [0.1, 0.15) is 25.0 Å². The van der Waals surface area contributed by atoms with Crippen LogP contribution in [0.2, 0.25) is 0 Å². The van der Waals surface area contributed by atoms with E-state index in [1.54, 1.807) is 17.9 Å². The number of nitro benzene ring substituents is 3. The molecule has 2 aromatic rings. The lowest BCUT2D eigenvalue weighted by molar-refractivity contribution is -0.394. The quantitative estimate of drug-likeness (QED) is 0.293. The number of amidine groups is 1. The van der Waals surface area contributed by atoms with Crippen LogP contribution >= 0.6 is 0 Å². The molecule has 0 radical (unpaired) electrons. The topological polar surface area (TPSA) is 145 Å². The Balaban J connectivity index is 2.77. The molecule has 2 rings (SSSR count). The third-order valence-electron chi connectivity index (χ3n) is 4.28. The first-order valence-electron chi connectivity index (χ1n) is 8.70. The molecule has 0 aromatic heterocycles. The van der Waals surface area contributed by atoms with Gasteiger partial charge < -0.3 is 4.90 Å². The Hall–Kier alpha value is -3.89. The summed E-state index contributed by atoms with van der Waals surface area (Å²) < 4.78 is 0. The largest absolute Gasteiger partial charge is 0.357 e. The van der Waals surface area contributed by atoms with Gasteiger partial charge in [-0.05, 0) is 26.3 Å². The van der Waals surface area contributed by atoms with Gasteiger partial charge in [0.1, 0.15) is 5.84 Å². The van der Waals surface area contributed by atoms with Gasteiger partial charge in [0.25, 0.3) is 17.1 Å². The number of aryl methyl sites for hydroxylation is 1. The lowest BCUT2D eigenvalue weighted by Crippen LogP contribution is -2.31. The Morgan fingerprint density at radius 1 is 0.862 bits per heavy atom.